The molecular formula is C26H20O2. The number of fused-ring (bicyclic) bond motifs is 2. The molecule has 0 aliphatic heterocycles. The van der Waals surface area contributed by atoms with Gasteiger partial charge in [-0.2, -0.15) is 0 Å². The zero-order chi connectivity index (χ0) is 19.3. The van der Waals surface area contributed by atoms with Gasteiger partial charge in [0.2, 0.25) is 0 Å². The summed E-state index contributed by atoms with van der Waals surface area (Å²) in [6.07, 6.45) is 5.41. The van der Waals surface area contributed by atoms with Crippen molar-refractivity contribution in [2.45, 2.75) is 18.9 Å². The molecule has 136 valence electrons. The highest BCUT2D eigenvalue weighted by Crippen LogP contribution is 2.35. The molecule has 0 saturated carbocycles. The van der Waals surface area contributed by atoms with Crippen molar-refractivity contribution in [3.05, 3.63) is 96.1 Å². The molecule has 4 aromatic carbocycles. The van der Waals surface area contributed by atoms with Crippen molar-refractivity contribution in [1.82, 2.24) is 0 Å². The van der Waals surface area contributed by atoms with Gasteiger partial charge in [0.05, 0.1) is 6.42 Å². The van der Waals surface area contributed by atoms with Gasteiger partial charge in [-0.3, -0.25) is 4.79 Å². The van der Waals surface area contributed by atoms with Crippen molar-refractivity contribution < 1.29 is 9.53 Å². The number of hydrogen-bond acceptors (Lipinski definition) is 2. The molecule has 0 unspecified atom stereocenters. The minimum Gasteiger partial charge on any atom is -0.452 e. The van der Waals surface area contributed by atoms with E-state index in [2.05, 4.69) is 42.3 Å². The minimum absolute atomic E-state index is 0.211. The molecule has 0 fully saturated rings. The summed E-state index contributed by atoms with van der Waals surface area (Å²) in [4.78, 5) is 12.5. The van der Waals surface area contributed by atoms with E-state index in [1.807, 2.05) is 48.5 Å². The van der Waals surface area contributed by atoms with Gasteiger partial charge in [0.1, 0.15) is 0 Å². The lowest BCUT2D eigenvalue weighted by atomic mass is 9.92. The molecule has 0 radical (unpaired) electrons. The second-order valence-electron chi connectivity index (χ2n) is 6.71. The molecule has 2 nitrogen and oxygen atoms in total. The lowest BCUT2D eigenvalue weighted by molar-refractivity contribution is -0.147. The SMILES string of the molecule is C#CCCC(=O)OC(c1cccc2ccccc12)c1cccc2ccccc12. The van der Waals surface area contributed by atoms with Gasteiger partial charge in [0.25, 0.3) is 0 Å². The quantitative estimate of drug-likeness (QED) is 0.319. The normalized spacial score (nSPS) is 10.9. The lowest BCUT2D eigenvalue weighted by Gasteiger charge is -2.22. The van der Waals surface area contributed by atoms with Crippen molar-refractivity contribution in [2.75, 3.05) is 0 Å². The summed E-state index contributed by atoms with van der Waals surface area (Å²) in [5.41, 5.74) is 1.95. The van der Waals surface area contributed by atoms with Crippen molar-refractivity contribution in [2.24, 2.45) is 0 Å². The van der Waals surface area contributed by atoms with E-state index in [1.165, 1.54) is 0 Å². The van der Waals surface area contributed by atoms with Crippen LogP contribution in [0.3, 0.4) is 0 Å². The molecule has 0 atom stereocenters. The number of carbonyl (C=O) groups is 1. The van der Waals surface area contributed by atoms with Crippen LogP contribution in [0.5, 0.6) is 0 Å². The van der Waals surface area contributed by atoms with Gasteiger partial charge in [-0.1, -0.05) is 84.9 Å². The highest BCUT2D eigenvalue weighted by molar-refractivity contribution is 5.90. The molecule has 4 rings (SSSR count). The van der Waals surface area contributed by atoms with Crippen molar-refractivity contribution in [1.29, 1.82) is 0 Å². The Labute approximate surface area is 164 Å². The van der Waals surface area contributed by atoms with Crippen LogP contribution in [-0.2, 0) is 9.53 Å². The van der Waals surface area contributed by atoms with Gasteiger partial charge in [0.15, 0.2) is 6.10 Å². The van der Waals surface area contributed by atoms with E-state index in [9.17, 15) is 4.79 Å². The minimum atomic E-state index is -0.498. The molecule has 0 aliphatic rings. The molecule has 0 aromatic heterocycles. The molecule has 28 heavy (non-hydrogen) atoms. The Morgan fingerprint density at radius 1 is 0.786 bits per heavy atom. The molecular weight excluding hydrogens is 344 g/mol. The van der Waals surface area contributed by atoms with Crippen LogP contribution in [0.25, 0.3) is 21.5 Å². The smallest absolute Gasteiger partial charge is 0.307 e. The molecule has 0 N–H and O–H groups in total. The number of esters is 1. The fourth-order valence-corrected chi connectivity index (χ4v) is 3.62. The van der Waals surface area contributed by atoms with E-state index in [4.69, 9.17) is 11.2 Å². The number of rotatable bonds is 5. The molecule has 4 aromatic rings. The summed E-state index contributed by atoms with van der Waals surface area (Å²) in [6, 6.07) is 28.5. The summed E-state index contributed by atoms with van der Waals surface area (Å²) < 4.78 is 6.01. The third-order valence-corrected chi connectivity index (χ3v) is 4.93. The van der Waals surface area contributed by atoms with E-state index in [1.54, 1.807) is 0 Å². The highest BCUT2D eigenvalue weighted by Gasteiger charge is 2.22. The summed E-state index contributed by atoms with van der Waals surface area (Å²) in [7, 11) is 0. The average Bonchev–Trinajstić information content (AvgIpc) is 2.75. The number of benzene rings is 4. The zero-order valence-corrected chi connectivity index (χ0v) is 15.5. The first-order valence-corrected chi connectivity index (χ1v) is 9.36. The topological polar surface area (TPSA) is 26.3 Å². The predicted molar refractivity (Wildman–Crippen MR) is 114 cm³/mol. The van der Waals surface area contributed by atoms with Crippen LogP contribution in [0.2, 0.25) is 0 Å². The largest absolute Gasteiger partial charge is 0.452 e. The lowest BCUT2D eigenvalue weighted by Crippen LogP contribution is -2.13. The van der Waals surface area contributed by atoms with Crippen molar-refractivity contribution >= 4 is 27.5 Å². The van der Waals surface area contributed by atoms with Gasteiger partial charge in [0, 0.05) is 17.5 Å². The van der Waals surface area contributed by atoms with E-state index < -0.39 is 6.10 Å². The fourth-order valence-electron chi connectivity index (χ4n) is 3.62. The first kappa shape index (κ1) is 17.8. The van der Waals surface area contributed by atoms with Gasteiger partial charge < -0.3 is 4.74 Å². The van der Waals surface area contributed by atoms with Crippen LogP contribution >= 0.6 is 0 Å². The van der Waals surface area contributed by atoms with E-state index >= 15 is 0 Å². The third kappa shape index (κ3) is 3.48. The van der Waals surface area contributed by atoms with Gasteiger partial charge >= 0.3 is 5.97 Å². The van der Waals surface area contributed by atoms with Gasteiger partial charge in [-0.15, -0.1) is 12.3 Å². The van der Waals surface area contributed by atoms with Gasteiger partial charge in [-0.05, 0) is 21.5 Å². The summed E-state index contributed by atoms with van der Waals surface area (Å²) in [6.45, 7) is 0. The van der Waals surface area contributed by atoms with Crippen LogP contribution < -0.4 is 0 Å². The van der Waals surface area contributed by atoms with E-state index in [0.717, 1.165) is 32.7 Å². The number of carbonyl (C=O) groups excluding carboxylic acids is 1. The van der Waals surface area contributed by atoms with Crippen LogP contribution in [0.4, 0.5) is 0 Å². The molecule has 0 saturated heterocycles. The Balaban J connectivity index is 1.89. The molecule has 0 heterocycles. The summed E-state index contributed by atoms with van der Waals surface area (Å²) in [5, 5.41) is 4.38. The zero-order valence-electron chi connectivity index (χ0n) is 15.5. The van der Waals surface area contributed by atoms with Crippen LogP contribution in [0.15, 0.2) is 84.9 Å². The Morgan fingerprint density at radius 2 is 1.29 bits per heavy atom. The average molecular weight is 364 g/mol. The van der Waals surface area contributed by atoms with E-state index in [0.29, 0.717) is 6.42 Å². The highest BCUT2D eigenvalue weighted by atomic mass is 16.5. The maximum Gasteiger partial charge on any atom is 0.307 e. The second kappa shape index (κ2) is 7.98. The summed E-state index contributed by atoms with van der Waals surface area (Å²) in [5.74, 6) is 2.22. The van der Waals surface area contributed by atoms with Crippen molar-refractivity contribution in [3.63, 3.8) is 0 Å². The Morgan fingerprint density at radius 3 is 1.82 bits per heavy atom. The fraction of sp³-hybridized carbons (Fsp3) is 0.115. The van der Waals surface area contributed by atoms with Crippen LogP contribution in [0, 0.1) is 12.3 Å². The Bertz CT molecular complexity index is 1090. The standard InChI is InChI=1S/C26H20O2/c1-2-3-18-25(27)28-26(23-16-8-12-19-10-4-6-14-21(19)23)24-17-9-13-20-11-5-7-15-22(20)24/h1,4-17,26H,3,18H2. The monoisotopic (exact) mass is 364 g/mol. The second-order valence-corrected chi connectivity index (χ2v) is 6.71. The maximum atomic E-state index is 12.5. The molecule has 2 heteroatoms. The predicted octanol–water partition coefficient (Wildman–Crippen LogP) is 6.04. The molecule has 0 amide bonds. The third-order valence-electron chi connectivity index (χ3n) is 4.93. The Hall–Kier alpha value is -3.57. The maximum absolute atomic E-state index is 12.5. The molecule has 0 bridgehead atoms. The molecule has 0 aliphatic carbocycles. The number of hydrogen-bond donors (Lipinski definition) is 0. The first-order valence-electron chi connectivity index (χ1n) is 9.36. The molecule has 0 spiro atoms. The first-order chi connectivity index (χ1) is 13.8. The number of terminal acetylenes is 1. The van der Waals surface area contributed by atoms with E-state index in [-0.39, 0.29) is 12.4 Å². The number of ether oxygens (including phenoxy) is 1. The van der Waals surface area contributed by atoms with Gasteiger partial charge in [-0.25, -0.2) is 0 Å². The Kier molecular flexibility index (Phi) is 5.08. The van der Waals surface area contributed by atoms with Crippen LogP contribution in [0.1, 0.15) is 30.1 Å². The van der Waals surface area contributed by atoms with Crippen molar-refractivity contribution in [3.8, 4) is 12.3 Å². The van der Waals surface area contributed by atoms with Crippen LogP contribution in [-0.4, -0.2) is 5.97 Å². The summed E-state index contributed by atoms with van der Waals surface area (Å²) >= 11 is 0.